The summed E-state index contributed by atoms with van der Waals surface area (Å²) in [6.07, 6.45) is 1.35. The van der Waals surface area contributed by atoms with Gasteiger partial charge in [0.1, 0.15) is 16.2 Å². The van der Waals surface area contributed by atoms with Gasteiger partial charge in [-0.2, -0.15) is 0 Å². The Hall–Kier alpha value is -4.52. The van der Waals surface area contributed by atoms with Gasteiger partial charge >= 0.3 is 0 Å². The third-order valence-electron chi connectivity index (χ3n) is 5.95. The fourth-order valence-corrected chi connectivity index (χ4v) is 4.99. The van der Waals surface area contributed by atoms with Gasteiger partial charge < -0.3 is 20.7 Å². The maximum absolute atomic E-state index is 13.4. The predicted octanol–water partition coefficient (Wildman–Crippen LogP) is 4.39. The Morgan fingerprint density at radius 3 is 2.29 bits per heavy atom. The number of amides is 1. The van der Waals surface area contributed by atoms with E-state index in [0.717, 1.165) is 15.7 Å². The fraction of sp³-hybridized carbons (Fsp3) is 0.0690. The van der Waals surface area contributed by atoms with Crippen molar-refractivity contribution < 1.29 is 18.3 Å². The smallest absolute Gasteiger partial charge is 0.268 e. The van der Waals surface area contributed by atoms with Gasteiger partial charge in [0.25, 0.3) is 11.5 Å². The summed E-state index contributed by atoms with van der Waals surface area (Å²) in [6.45, 7) is 1.77. The van der Waals surface area contributed by atoms with Crippen molar-refractivity contribution in [1.82, 2.24) is 9.55 Å². The summed E-state index contributed by atoms with van der Waals surface area (Å²) in [5.41, 5.74) is 6.70. The third-order valence-corrected chi connectivity index (χ3v) is 7.41. The molecule has 0 fully saturated rings. The number of fused-ring (bicyclic) bond motifs is 1. The molecular formula is C29H26BrN5O5S. The Balaban J connectivity index is 0.000000417. The molecule has 6 N–H and O–H groups in total. The van der Waals surface area contributed by atoms with Crippen molar-refractivity contribution in [3.05, 3.63) is 123 Å². The van der Waals surface area contributed by atoms with E-state index in [4.69, 9.17) is 10.9 Å². The molecule has 10 nitrogen and oxygen atoms in total. The molecule has 0 radical (unpaired) electrons. The van der Waals surface area contributed by atoms with Crippen LogP contribution in [0, 0.1) is 6.92 Å². The first kappa shape index (κ1) is 29.5. The molecule has 41 heavy (non-hydrogen) atoms. The maximum atomic E-state index is 13.4. The molecule has 12 heteroatoms. The number of nitrogen functional groups attached to an aromatic ring is 1. The monoisotopic (exact) mass is 635 g/mol. The number of pyridine rings is 2. The Bertz CT molecular complexity index is 1870. The zero-order valence-corrected chi connectivity index (χ0v) is 24.2. The van der Waals surface area contributed by atoms with Crippen molar-refractivity contribution in [2.75, 3.05) is 11.1 Å². The Kier molecular flexibility index (Phi) is 8.86. The first-order chi connectivity index (χ1) is 19.5. The van der Waals surface area contributed by atoms with Crippen molar-refractivity contribution in [1.29, 1.82) is 0 Å². The lowest BCUT2D eigenvalue weighted by Gasteiger charge is -2.15. The first-order valence-electron chi connectivity index (χ1n) is 12.2. The lowest BCUT2D eigenvalue weighted by molar-refractivity contribution is 0.102. The summed E-state index contributed by atoms with van der Waals surface area (Å²) in [4.78, 5) is 30.0. The second-order valence-corrected chi connectivity index (χ2v) is 11.5. The highest BCUT2D eigenvalue weighted by Crippen LogP contribution is 2.28. The molecule has 2 heterocycles. The van der Waals surface area contributed by atoms with E-state index in [1.807, 2.05) is 54.6 Å². The standard InChI is InChI=1S/C23H20N4O5S.C6H6BrN/c1-14-11-18(33(24,31)32)21(25-12-14)26-22(29)19-20(28)16-9-5-6-10-17(16)27(23(19)30)13-15-7-3-2-4-8-15;7-5-1-3-6(8)4-2-5/h2-12,28H,13H2,1H3,(H2,24,31,32)(H,25,26,29);1-4H,8H2. The van der Waals surface area contributed by atoms with Crippen LogP contribution in [0.3, 0.4) is 0 Å². The Labute approximate surface area is 244 Å². The minimum atomic E-state index is -4.21. The number of halogens is 1. The summed E-state index contributed by atoms with van der Waals surface area (Å²) < 4.78 is 26.4. The molecule has 0 bridgehead atoms. The molecule has 2 aromatic heterocycles. The van der Waals surface area contributed by atoms with Crippen LogP contribution in [0.1, 0.15) is 21.5 Å². The molecule has 0 aliphatic rings. The van der Waals surface area contributed by atoms with E-state index in [9.17, 15) is 23.1 Å². The van der Waals surface area contributed by atoms with E-state index in [-0.39, 0.29) is 12.4 Å². The second-order valence-electron chi connectivity index (χ2n) is 9.03. The summed E-state index contributed by atoms with van der Waals surface area (Å²) in [5, 5.41) is 18.7. The van der Waals surface area contributed by atoms with Crippen molar-refractivity contribution in [2.45, 2.75) is 18.4 Å². The molecule has 0 unspecified atom stereocenters. The van der Waals surface area contributed by atoms with Gasteiger partial charge in [0.05, 0.1) is 12.1 Å². The molecule has 5 aromatic rings. The van der Waals surface area contributed by atoms with Crippen LogP contribution < -0.4 is 21.7 Å². The zero-order valence-electron chi connectivity index (χ0n) is 21.8. The highest BCUT2D eigenvalue weighted by atomic mass is 79.9. The number of nitrogens with one attached hydrogen (secondary N) is 1. The number of aromatic hydroxyl groups is 1. The van der Waals surface area contributed by atoms with Gasteiger partial charge in [-0.05, 0) is 60.5 Å². The molecule has 3 aromatic carbocycles. The van der Waals surface area contributed by atoms with Gasteiger partial charge in [-0.3, -0.25) is 9.59 Å². The normalized spacial score (nSPS) is 11.0. The number of para-hydroxylation sites is 1. The molecule has 0 saturated carbocycles. The fourth-order valence-electron chi connectivity index (χ4n) is 4.00. The molecule has 0 aliphatic heterocycles. The predicted molar refractivity (Wildman–Crippen MR) is 162 cm³/mol. The van der Waals surface area contributed by atoms with E-state index in [0.29, 0.717) is 16.5 Å². The summed E-state index contributed by atoms with van der Waals surface area (Å²) in [6, 6.07) is 24.6. The van der Waals surface area contributed by atoms with Crippen LogP contribution in [0.2, 0.25) is 0 Å². The minimum Gasteiger partial charge on any atom is -0.506 e. The van der Waals surface area contributed by atoms with Crippen molar-refractivity contribution in [3.8, 4) is 5.75 Å². The summed E-state index contributed by atoms with van der Waals surface area (Å²) in [7, 11) is -4.21. The molecule has 0 aliphatic carbocycles. The Morgan fingerprint density at radius 2 is 1.66 bits per heavy atom. The largest absolute Gasteiger partial charge is 0.506 e. The van der Waals surface area contributed by atoms with E-state index < -0.39 is 37.7 Å². The third kappa shape index (κ3) is 6.98. The number of benzene rings is 3. The summed E-state index contributed by atoms with van der Waals surface area (Å²) >= 11 is 3.29. The first-order valence-corrected chi connectivity index (χ1v) is 14.5. The quantitative estimate of drug-likeness (QED) is 0.207. The van der Waals surface area contributed by atoms with Gasteiger partial charge in [-0.1, -0.05) is 58.4 Å². The number of carbonyl (C=O) groups is 1. The topological polar surface area (TPSA) is 170 Å². The molecule has 1 amide bonds. The molecule has 0 atom stereocenters. The number of hydrogen-bond donors (Lipinski definition) is 4. The molecular weight excluding hydrogens is 610 g/mol. The molecule has 0 saturated heterocycles. The lowest BCUT2D eigenvalue weighted by Crippen LogP contribution is -2.31. The summed E-state index contributed by atoms with van der Waals surface area (Å²) in [5.74, 6) is -1.86. The van der Waals surface area contributed by atoms with Gasteiger partial charge in [0.15, 0.2) is 5.82 Å². The van der Waals surface area contributed by atoms with E-state index >= 15 is 0 Å². The number of rotatable bonds is 5. The van der Waals surface area contributed by atoms with E-state index in [1.165, 1.54) is 16.8 Å². The number of aryl methyl sites for hydroxylation is 1. The number of anilines is 2. The number of carbonyl (C=O) groups excluding carboxylic acids is 1. The van der Waals surface area contributed by atoms with Gasteiger partial charge in [-0.25, -0.2) is 18.5 Å². The van der Waals surface area contributed by atoms with Crippen molar-refractivity contribution in [2.24, 2.45) is 5.14 Å². The van der Waals surface area contributed by atoms with Crippen LogP contribution in [0.15, 0.2) is 105 Å². The number of primary sulfonamides is 1. The number of aromatic nitrogens is 2. The van der Waals surface area contributed by atoms with Crippen LogP contribution in [0.4, 0.5) is 11.5 Å². The number of nitrogens with two attached hydrogens (primary N) is 2. The second kappa shape index (κ2) is 12.3. The number of sulfonamides is 1. The van der Waals surface area contributed by atoms with E-state index in [2.05, 4.69) is 26.2 Å². The van der Waals surface area contributed by atoms with Crippen LogP contribution >= 0.6 is 15.9 Å². The minimum absolute atomic E-state index is 0.159. The number of nitrogens with zero attached hydrogens (tertiary/aromatic N) is 2. The van der Waals surface area contributed by atoms with Gasteiger partial charge in [0.2, 0.25) is 10.0 Å². The van der Waals surface area contributed by atoms with Crippen LogP contribution in [0.5, 0.6) is 5.75 Å². The van der Waals surface area contributed by atoms with Gasteiger partial charge in [0, 0.05) is 21.7 Å². The average molecular weight is 637 g/mol. The Morgan fingerprint density at radius 1 is 1.02 bits per heavy atom. The van der Waals surface area contributed by atoms with E-state index in [1.54, 1.807) is 31.2 Å². The SMILES string of the molecule is Cc1cnc(NC(=O)c2c(O)c3ccccc3n(Cc3ccccc3)c2=O)c(S(N)(=O)=O)c1.Nc1ccc(Br)cc1. The molecule has 5 rings (SSSR count). The van der Waals surface area contributed by atoms with Crippen LogP contribution in [-0.4, -0.2) is 29.0 Å². The van der Waals surface area contributed by atoms with Crippen molar-refractivity contribution >= 4 is 54.3 Å². The highest BCUT2D eigenvalue weighted by molar-refractivity contribution is 9.10. The molecule has 210 valence electrons. The van der Waals surface area contributed by atoms with Gasteiger partial charge in [-0.15, -0.1) is 0 Å². The van der Waals surface area contributed by atoms with Crippen LogP contribution in [-0.2, 0) is 16.6 Å². The lowest BCUT2D eigenvalue weighted by atomic mass is 10.1. The number of hydrogen-bond acceptors (Lipinski definition) is 7. The average Bonchev–Trinajstić information content (AvgIpc) is 2.94. The maximum Gasteiger partial charge on any atom is 0.268 e. The zero-order chi connectivity index (χ0) is 29.7. The molecule has 0 spiro atoms. The highest BCUT2D eigenvalue weighted by Gasteiger charge is 2.25. The van der Waals surface area contributed by atoms with Crippen molar-refractivity contribution in [3.63, 3.8) is 0 Å². The van der Waals surface area contributed by atoms with Crippen LogP contribution in [0.25, 0.3) is 10.9 Å².